The molecule has 4 aliphatic heterocycles. The molecule has 0 radical (unpaired) electrons. The average Bonchev–Trinajstić information content (AvgIpc) is 4.02. The summed E-state index contributed by atoms with van der Waals surface area (Å²) in [5, 5.41) is 0. The van der Waals surface area contributed by atoms with Crippen molar-refractivity contribution >= 4 is 45.1 Å². The molecule has 0 N–H and O–H groups in total. The number of hydrogen-bond donors (Lipinski definition) is 0. The number of pyridine rings is 2. The fourth-order valence-corrected chi connectivity index (χ4v) is 11.4. The lowest BCUT2D eigenvalue weighted by Crippen LogP contribution is -2.47. The number of allylic oxidation sites excluding steroid dienone is 4. The highest BCUT2D eigenvalue weighted by Crippen LogP contribution is 2.70. The molecule has 252 valence electrons. The Bertz CT molecular complexity index is 2130. The first kappa shape index (κ1) is 31.1. The van der Waals surface area contributed by atoms with Gasteiger partial charge in [-0.15, -0.1) is 23.5 Å². The third-order valence-corrected chi connectivity index (χ3v) is 14.4. The second-order valence-corrected chi connectivity index (χ2v) is 17.0. The van der Waals surface area contributed by atoms with Gasteiger partial charge in [-0.2, -0.15) is 0 Å². The summed E-state index contributed by atoms with van der Waals surface area (Å²) in [5.41, 5.74) is 11.8. The molecule has 10 rings (SSSR count). The molecule has 6 nitrogen and oxygen atoms in total. The van der Waals surface area contributed by atoms with Crippen molar-refractivity contribution in [2.24, 2.45) is 9.98 Å². The lowest BCUT2D eigenvalue weighted by Gasteiger charge is -2.47. The van der Waals surface area contributed by atoms with Crippen molar-refractivity contribution in [2.75, 3.05) is 13.2 Å². The second-order valence-electron chi connectivity index (χ2n) is 14.1. The molecular weight excluding hydrogens is 669 g/mol. The first-order valence-electron chi connectivity index (χ1n) is 17.7. The monoisotopic (exact) mass is 704 g/mol. The summed E-state index contributed by atoms with van der Waals surface area (Å²) in [7, 11) is 0. The van der Waals surface area contributed by atoms with Gasteiger partial charge in [0.05, 0.1) is 20.9 Å². The maximum Gasteiger partial charge on any atom is 0.236 e. The standard InChI is InChI=1S/C43H36N4O2S2/c1-42-30(22-38(50-42)32-18-10-20-34(44-32)40-46-36(24-48-40)26-12-5-3-6-13-26)28-16-9-17-29(28)31-23-39(51-43(31,42)2)33-19-11-21-35(45-33)41-47-37(25-49-41)27-14-7-4-8-15-27/h3-8,10-15,18-23,36-37H,9,16-17,24-25H2,1-2H3/t36-,37-,42+,43+/m1/s1. The number of benzene rings is 2. The van der Waals surface area contributed by atoms with E-state index in [1.165, 1.54) is 38.5 Å². The van der Waals surface area contributed by atoms with Gasteiger partial charge in [0.1, 0.15) is 36.7 Å². The van der Waals surface area contributed by atoms with Crippen LogP contribution in [0.5, 0.6) is 0 Å². The summed E-state index contributed by atoms with van der Waals surface area (Å²) < 4.78 is 11.8. The summed E-state index contributed by atoms with van der Waals surface area (Å²) in [6.07, 6.45) is 8.28. The SMILES string of the molecule is C[C@]12SC(c3cccc(C4=N[C@@H](c5ccccc5)CO4)n3)=CC1=C1CCCC1=C1C=C(c3cccc(C4=N[C@@H](c5ccccc5)CO4)n3)S[C@@]12C. The summed E-state index contributed by atoms with van der Waals surface area (Å²) in [4.78, 5) is 22.5. The predicted molar refractivity (Wildman–Crippen MR) is 208 cm³/mol. The minimum Gasteiger partial charge on any atom is -0.474 e. The van der Waals surface area contributed by atoms with Gasteiger partial charge in [0.15, 0.2) is 0 Å². The van der Waals surface area contributed by atoms with Gasteiger partial charge in [-0.05, 0) is 103 Å². The van der Waals surface area contributed by atoms with E-state index in [1.807, 2.05) is 72.1 Å². The highest BCUT2D eigenvalue weighted by Gasteiger charge is 2.59. The van der Waals surface area contributed by atoms with Gasteiger partial charge >= 0.3 is 0 Å². The van der Waals surface area contributed by atoms with Crippen molar-refractivity contribution in [1.29, 1.82) is 0 Å². The number of thioether (sulfide) groups is 2. The zero-order chi connectivity index (χ0) is 34.2. The average molecular weight is 705 g/mol. The number of aliphatic imine (C=N–C) groups is 2. The lowest BCUT2D eigenvalue weighted by atomic mass is 9.72. The maximum atomic E-state index is 6.10. The molecule has 6 aliphatic rings. The first-order chi connectivity index (χ1) is 25.0. The van der Waals surface area contributed by atoms with E-state index in [0.717, 1.165) is 46.7 Å². The Kier molecular flexibility index (Phi) is 7.29. The normalized spacial score (nSPS) is 27.6. The zero-order valence-electron chi connectivity index (χ0n) is 28.5. The molecular formula is C43H36N4O2S2. The van der Waals surface area contributed by atoms with Crippen LogP contribution in [0, 0.1) is 0 Å². The molecule has 2 aromatic heterocycles. The van der Waals surface area contributed by atoms with Gasteiger partial charge in [0.25, 0.3) is 0 Å². The van der Waals surface area contributed by atoms with Crippen molar-refractivity contribution in [1.82, 2.24) is 9.97 Å². The van der Waals surface area contributed by atoms with E-state index in [2.05, 4.69) is 74.5 Å². The van der Waals surface area contributed by atoms with Crippen LogP contribution in [0.4, 0.5) is 0 Å². The molecule has 2 aromatic carbocycles. The first-order valence-corrected chi connectivity index (χ1v) is 19.4. The summed E-state index contributed by atoms with van der Waals surface area (Å²) >= 11 is 3.91. The van der Waals surface area contributed by atoms with E-state index in [-0.39, 0.29) is 21.6 Å². The molecule has 4 aromatic rings. The Morgan fingerprint density at radius 1 is 0.549 bits per heavy atom. The van der Waals surface area contributed by atoms with E-state index in [1.54, 1.807) is 0 Å². The fraction of sp³-hybridized carbons (Fsp3) is 0.256. The van der Waals surface area contributed by atoms with Crippen LogP contribution in [0.1, 0.15) is 79.1 Å². The minimum atomic E-state index is -0.180. The molecule has 2 aliphatic carbocycles. The topological polar surface area (TPSA) is 69.0 Å². The molecule has 0 unspecified atom stereocenters. The molecule has 0 bridgehead atoms. The summed E-state index contributed by atoms with van der Waals surface area (Å²) in [6, 6.07) is 33.1. The minimum absolute atomic E-state index is 0.00755. The van der Waals surface area contributed by atoms with Crippen LogP contribution in [0.3, 0.4) is 0 Å². The largest absolute Gasteiger partial charge is 0.474 e. The Morgan fingerprint density at radius 2 is 0.980 bits per heavy atom. The smallest absolute Gasteiger partial charge is 0.236 e. The Labute approximate surface area is 306 Å². The highest BCUT2D eigenvalue weighted by molar-refractivity contribution is 8.14. The van der Waals surface area contributed by atoms with Crippen LogP contribution < -0.4 is 0 Å². The molecule has 1 fully saturated rings. The third-order valence-electron chi connectivity index (χ3n) is 11.1. The highest BCUT2D eigenvalue weighted by atomic mass is 32.2. The molecule has 6 heterocycles. The van der Waals surface area contributed by atoms with Gasteiger partial charge in [-0.1, -0.05) is 72.8 Å². The quantitative estimate of drug-likeness (QED) is 0.199. The van der Waals surface area contributed by atoms with Crippen molar-refractivity contribution in [3.8, 4) is 0 Å². The van der Waals surface area contributed by atoms with Crippen LogP contribution in [-0.2, 0) is 9.47 Å². The third kappa shape index (κ3) is 5.01. The van der Waals surface area contributed by atoms with Crippen molar-refractivity contribution in [3.63, 3.8) is 0 Å². The zero-order valence-corrected chi connectivity index (χ0v) is 30.1. The van der Waals surface area contributed by atoms with E-state index < -0.39 is 0 Å². The van der Waals surface area contributed by atoms with Crippen LogP contribution in [0.2, 0.25) is 0 Å². The Morgan fingerprint density at radius 3 is 1.43 bits per heavy atom. The van der Waals surface area contributed by atoms with Crippen molar-refractivity contribution in [3.05, 3.63) is 165 Å². The van der Waals surface area contributed by atoms with E-state index in [0.29, 0.717) is 25.0 Å². The molecule has 8 heteroatoms. The van der Waals surface area contributed by atoms with Crippen molar-refractivity contribution < 1.29 is 9.47 Å². The molecule has 0 spiro atoms. The predicted octanol–water partition coefficient (Wildman–Crippen LogP) is 9.70. The molecule has 4 atom stereocenters. The lowest BCUT2D eigenvalue weighted by molar-refractivity contribution is 0.319. The number of rotatable bonds is 6. The van der Waals surface area contributed by atoms with Crippen LogP contribution in [0.25, 0.3) is 9.81 Å². The number of ether oxygens (including phenoxy) is 2. The maximum absolute atomic E-state index is 6.10. The molecule has 0 saturated heterocycles. The van der Waals surface area contributed by atoms with E-state index in [9.17, 15) is 0 Å². The van der Waals surface area contributed by atoms with Crippen LogP contribution in [0.15, 0.2) is 141 Å². The van der Waals surface area contributed by atoms with Crippen LogP contribution in [-0.4, -0.2) is 44.5 Å². The summed E-state index contributed by atoms with van der Waals surface area (Å²) in [6.45, 7) is 5.95. The van der Waals surface area contributed by atoms with Gasteiger partial charge in [0, 0.05) is 9.81 Å². The van der Waals surface area contributed by atoms with Gasteiger partial charge in [-0.25, -0.2) is 20.0 Å². The van der Waals surface area contributed by atoms with Crippen molar-refractivity contribution in [2.45, 2.75) is 54.7 Å². The number of hydrogen-bond acceptors (Lipinski definition) is 8. The van der Waals surface area contributed by atoms with Gasteiger partial charge < -0.3 is 9.47 Å². The Hall–Kier alpha value is -4.66. The number of nitrogens with zero attached hydrogens (tertiary/aromatic N) is 4. The van der Waals surface area contributed by atoms with Gasteiger partial charge in [-0.3, -0.25) is 0 Å². The summed E-state index contributed by atoms with van der Waals surface area (Å²) in [5.74, 6) is 1.24. The van der Waals surface area contributed by atoms with E-state index >= 15 is 0 Å². The van der Waals surface area contributed by atoms with E-state index in [4.69, 9.17) is 29.4 Å². The Balaban J connectivity index is 0.953. The molecule has 51 heavy (non-hydrogen) atoms. The molecule has 1 saturated carbocycles. The van der Waals surface area contributed by atoms with Crippen LogP contribution >= 0.6 is 23.5 Å². The van der Waals surface area contributed by atoms with Gasteiger partial charge in [0.2, 0.25) is 11.8 Å². The molecule has 0 amide bonds. The fourth-order valence-electron chi connectivity index (χ4n) is 8.30. The number of fused-ring (bicyclic) bond motifs is 4. The second kappa shape index (κ2) is 12.0. The number of aromatic nitrogens is 2.